The minimum Gasteiger partial charge on any atom is -0.397 e. The van der Waals surface area contributed by atoms with Crippen LogP contribution >= 0.6 is 11.3 Å². The van der Waals surface area contributed by atoms with Crippen LogP contribution in [0.5, 0.6) is 0 Å². The van der Waals surface area contributed by atoms with Crippen molar-refractivity contribution in [2.75, 3.05) is 5.73 Å². The van der Waals surface area contributed by atoms with Crippen LogP contribution in [0.15, 0.2) is 24.5 Å². The van der Waals surface area contributed by atoms with E-state index in [0.29, 0.717) is 10.6 Å². The Morgan fingerprint density at radius 3 is 2.69 bits per heavy atom. The van der Waals surface area contributed by atoms with E-state index in [1.165, 1.54) is 11.3 Å². The lowest BCUT2D eigenvalue weighted by Gasteiger charge is -2.01. The number of nitrogens with two attached hydrogens (primary N) is 1. The van der Waals surface area contributed by atoms with E-state index < -0.39 is 0 Å². The summed E-state index contributed by atoms with van der Waals surface area (Å²) in [5, 5.41) is 8.97. The van der Waals surface area contributed by atoms with Crippen LogP contribution in [-0.4, -0.2) is 4.98 Å². The van der Waals surface area contributed by atoms with E-state index in [-0.39, 0.29) is 0 Å². The van der Waals surface area contributed by atoms with Crippen LogP contribution in [0, 0.1) is 11.3 Å². The van der Waals surface area contributed by atoms with Crippen molar-refractivity contribution in [1.82, 2.24) is 4.98 Å². The van der Waals surface area contributed by atoms with Crippen LogP contribution < -0.4 is 5.73 Å². The lowest BCUT2D eigenvalue weighted by Crippen LogP contribution is -1.91. The third-order valence-electron chi connectivity index (χ3n) is 2.45. The maximum atomic E-state index is 8.97. The van der Waals surface area contributed by atoms with E-state index in [0.717, 1.165) is 22.4 Å². The molecule has 0 aliphatic rings. The summed E-state index contributed by atoms with van der Waals surface area (Å²) in [6, 6.07) is 6.01. The average molecular weight is 229 g/mol. The van der Waals surface area contributed by atoms with Gasteiger partial charge < -0.3 is 5.73 Å². The molecular formula is C12H11N3S. The highest BCUT2D eigenvalue weighted by Crippen LogP contribution is 2.38. The molecule has 16 heavy (non-hydrogen) atoms. The lowest BCUT2D eigenvalue weighted by atomic mass is 10.1. The van der Waals surface area contributed by atoms with Gasteiger partial charge in [-0.1, -0.05) is 6.92 Å². The summed E-state index contributed by atoms with van der Waals surface area (Å²) >= 11 is 1.45. The molecule has 0 amide bonds. The number of pyridine rings is 1. The minimum absolute atomic E-state index is 0.601. The minimum atomic E-state index is 0.601. The highest BCUT2D eigenvalue weighted by Gasteiger charge is 2.15. The first-order valence-electron chi connectivity index (χ1n) is 4.99. The van der Waals surface area contributed by atoms with Gasteiger partial charge in [-0.15, -0.1) is 11.3 Å². The second-order valence-electron chi connectivity index (χ2n) is 3.35. The van der Waals surface area contributed by atoms with Gasteiger partial charge in [-0.2, -0.15) is 5.26 Å². The maximum absolute atomic E-state index is 8.97. The third kappa shape index (κ3) is 1.66. The summed E-state index contributed by atoms with van der Waals surface area (Å²) in [5.41, 5.74) is 8.70. The smallest absolute Gasteiger partial charge is 0.128 e. The zero-order chi connectivity index (χ0) is 11.5. The number of hydrogen-bond acceptors (Lipinski definition) is 4. The Labute approximate surface area is 98.2 Å². The Morgan fingerprint density at radius 1 is 1.44 bits per heavy atom. The normalized spacial score (nSPS) is 10.0. The van der Waals surface area contributed by atoms with E-state index in [9.17, 15) is 0 Å². The van der Waals surface area contributed by atoms with Gasteiger partial charge in [0.15, 0.2) is 0 Å². The largest absolute Gasteiger partial charge is 0.397 e. The monoisotopic (exact) mass is 229 g/mol. The number of aromatic nitrogens is 1. The molecule has 4 heteroatoms. The van der Waals surface area contributed by atoms with Crippen LogP contribution in [0.4, 0.5) is 5.69 Å². The summed E-state index contributed by atoms with van der Waals surface area (Å²) in [5.74, 6) is 0. The van der Waals surface area contributed by atoms with Crippen LogP contribution in [-0.2, 0) is 6.42 Å². The summed E-state index contributed by atoms with van der Waals surface area (Å²) in [6.07, 6.45) is 4.33. The zero-order valence-corrected chi connectivity index (χ0v) is 9.71. The molecule has 80 valence electrons. The van der Waals surface area contributed by atoms with Gasteiger partial charge in [-0.25, -0.2) is 0 Å². The number of thiophene rings is 1. The van der Waals surface area contributed by atoms with Gasteiger partial charge in [-0.3, -0.25) is 4.98 Å². The highest BCUT2D eigenvalue weighted by atomic mass is 32.1. The fourth-order valence-corrected chi connectivity index (χ4v) is 2.76. The van der Waals surface area contributed by atoms with Crippen LogP contribution in [0.3, 0.4) is 0 Å². The van der Waals surface area contributed by atoms with Gasteiger partial charge >= 0.3 is 0 Å². The number of nitrogen functional groups attached to an aromatic ring is 1. The molecule has 0 aliphatic heterocycles. The van der Waals surface area contributed by atoms with Gasteiger partial charge in [-0.05, 0) is 29.7 Å². The summed E-state index contributed by atoms with van der Waals surface area (Å²) in [4.78, 5) is 5.67. The van der Waals surface area contributed by atoms with E-state index in [4.69, 9.17) is 11.0 Å². The lowest BCUT2D eigenvalue weighted by molar-refractivity contribution is 1.16. The van der Waals surface area contributed by atoms with Gasteiger partial charge in [0, 0.05) is 17.3 Å². The quantitative estimate of drug-likeness (QED) is 0.861. The van der Waals surface area contributed by atoms with Crippen LogP contribution in [0.1, 0.15) is 17.4 Å². The predicted octanol–water partition coefficient (Wildman–Crippen LogP) is 2.83. The molecule has 2 aromatic rings. The van der Waals surface area contributed by atoms with Gasteiger partial charge in [0.1, 0.15) is 10.9 Å². The molecule has 0 aliphatic carbocycles. The van der Waals surface area contributed by atoms with Crippen molar-refractivity contribution in [3.05, 3.63) is 35.0 Å². The molecule has 0 aromatic carbocycles. The predicted molar refractivity (Wildman–Crippen MR) is 66.1 cm³/mol. The van der Waals surface area contributed by atoms with Gasteiger partial charge in [0.25, 0.3) is 0 Å². The average Bonchev–Trinajstić information content (AvgIpc) is 2.66. The molecule has 2 N–H and O–H groups in total. The third-order valence-corrected chi connectivity index (χ3v) is 3.65. The van der Waals surface area contributed by atoms with Crippen molar-refractivity contribution in [1.29, 1.82) is 5.26 Å². The summed E-state index contributed by atoms with van der Waals surface area (Å²) < 4.78 is 0. The molecule has 0 bridgehead atoms. The Morgan fingerprint density at radius 2 is 2.12 bits per heavy atom. The highest BCUT2D eigenvalue weighted by molar-refractivity contribution is 7.16. The number of hydrogen-bond donors (Lipinski definition) is 1. The second kappa shape index (κ2) is 4.33. The first-order valence-corrected chi connectivity index (χ1v) is 5.81. The molecule has 0 spiro atoms. The van der Waals surface area contributed by atoms with E-state index in [1.54, 1.807) is 12.4 Å². The Hall–Kier alpha value is -1.86. The standard InChI is InChI=1S/C12H11N3S/c1-2-9-11(14)10(7-13)16-12(9)8-3-5-15-6-4-8/h3-6H,2,14H2,1H3. The van der Waals surface area contributed by atoms with Crippen molar-refractivity contribution >= 4 is 17.0 Å². The molecule has 0 saturated heterocycles. The molecule has 0 radical (unpaired) electrons. The van der Waals surface area contributed by atoms with Gasteiger partial charge in [0.2, 0.25) is 0 Å². The molecule has 0 unspecified atom stereocenters. The number of rotatable bonds is 2. The van der Waals surface area contributed by atoms with E-state index in [2.05, 4.69) is 11.1 Å². The van der Waals surface area contributed by atoms with Crippen LogP contribution in [0.25, 0.3) is 10.4 Å². The van der Waals surface area contributed by atoms with Crippen molar-refractivity contribution in [2.24, 2.45) is 0 Å². The SMILES string of the molecule is CCc1c(-c2ccncc2)sc(C#N)c1N. The molecule has 0 fully saturated rings. The van der Waals surface area contributed by atoms with Crippen LogP contribution in [0.2, 0.25) is 0 Å². The van der Waals surface area contributed by atoms with Crippen molar-refractivity contribution < 1.29 is 0 Å². The fraction of sp³-hybridized carbons (Fsp3) is 0.167. The molecule has 0 saturated carbocycles. The van der Waals surface area contributed by atoms with Crippen molar-refractivity contribution in [3.8, 4) is 16.5 Å². The number of nitrogens with zero attached hydrogens (tertiary/aromatic N) is 2. The summed E-state index contributed by atoms with van der Waals surface area (Å²) in [7, 11) is 0. The molecule has 0 atom stereocenters. The Balaban J connectivity index is 2.62. The Bertz CT molecular complexity index is 537. The number of anilines is 1. The molecule has 2 heterocycles. The van der Waals surface area contributed by atoms with Crippen molar-refractivity contribution in [3.63, 3.8) is 0 Å². The molecule has 2 rings (SSSR count). The van der Waals surface area contributed by atoms with E-state index >= 15 is 0 Å². The first-order chi connectivity index (χ1) is 7.77. The molecule has 3 nitrogen and oxygen atoms in total. The first kappa shape index (κ1) is 10.7. The van der Waals surface area contributed by atoms with E-state index in [1.807, 2.05) is 19.1 Å². The van der Waals surface area contributed by atoms with Crippen molar-refractivity contribution in [2.45, 2.75) is 13.3 Å². The topological polar surface area (TPSA) is 62.7 Å². The molecule has 2 aromatic heterocycles. The number of nitriles is 1. The van der Waals surface area contributed by atoms with Gasteiger partial charge in [0.05, 0.1) is 5.69 Å². The second-order valence-corrected chi connectivity index (χ2v) is 4.37. The zero-order valence-electron chi connectivity index (χ0n) is 8.90. The molecular weight excluding hydrogens is 218 g/mol. The maximum Gasteiger partial charge on any atom is 0.128 e. The summed E-state index contributed by atoms with van der Waals surface area (Å²) in [6.45, 7) is 2.05. The Kier molecular flexibility index (Phi) is 2.88. The fourth-order valence-electron chi connectivity index (χ4n) is 1.65.